The average Bonchev–Trinajstić information content (AvgIpc) is 2.37. The predicted molar refractivity (Wildman–Crippen MR) is 76.7 cm³/mol. The van der Waals surface area contributed by atoms with Crippen LogP contribution < -0.4 is 11.1 Å². The van der Waals surface area contributed by atoms with Crippen LogP contribution in [0.4, 0.5) is 11.4 Å². The molecular formula is C15H24N2O. The van der Waals surface area contributed by atoms with Crippen LogP contribution in [0.25, 0.3) is 0 Å². The SMILES string of the molecule is Cc1ccc(NC2(CO)CCC(C)CC2)cc1N. The van der Waals surface area contributed by atoms with E-state index in [0.717, 1.165) is 35.7 Å². The number of nitrogens with one attached hydrogen (secondary N) is 1. The molecule has 0 unspecified atom stereocenters. The Bertz CT molecular complexity index is 409. The Hall–Kier alpha value is -1.22. The first-order valence-corrected chi connectivity index (χ1v) is 6.80. The third-order valence-electron chi connectivity index (χ3n) is 4.22. The minimum absolute atomic E-state index is 0.159. The van der Waals surface area contributed by atoms with Gasteiger partial charge >= 0.3 is 0 Å². The molecule has 1 aromatic rings. The van der Waals surface area contributed by atoms with Crippen molar-refractivity contribution in [2.75, 3.05) is 17.7 Å². The van der Waals surface area contributed by atoms with Gasteiger partial charge < -0.3 is 16.2 Å². The van der Waals surface area contributed by atoms with Gasteiger partial charge in [-0.05, 0) is 56.2 Å². The van der Waals surface area contributed by atoms with Gasteiger partial charge in [0.05, 0.1) is 12.1 Å². The Labute approximate surface area is 109 Å². The zero-order valence-corrected chi connectivity index (χ0v) is 11.4. The summed E-state index contributed by atoms with van der Waals surface area (Å²) in [5.74, 6) is 0.773. The molecule has 0 saturated heterocycles. The van der Waals surface area contributed by atoms with Crippen molar-refractivity contribution < 1.29 is 5.11 Å². The zero-order chi connectivity index (χ0) is 13.2. The summed E-state index contributed by atoms with van der Waals surface area (Å²) in [6.45, 7) is 4.47. The monoisotopic (exact) mass is 248 g/mol. The van der Waals surface area contributed by atoms with Crippen molar-refractivity contribution in [3.8, 4) is 0 Å². The van der Waals surface area contributed by atoms with Crippen LogP contribution in [0.1, 0.15) is 38.2 Å². The summed E-state index contributed by atoms with van der Waals surface area (Å²) in [6, 6.07) is 6.03. The predicted octanol–water partition coefficient (Wildman–Crippen LogP) is 2.93. The zero-order valence-electron chi connectivity index (χ0n) is 11.4. The number of nitrogen functional groups attached to an aromatic ring is 1. The van der Waals surface area contributed by atoms with Crippen LogP contribution in [-0.2, 0) is 0 Å². The standard InChI is InChI=1S/C15H24N2O/c1-11-5-7-15(10-18,8-6-11)17-13-4-3-12(2)14(16)9-13/h3-4,9,11,17-18H,5-8,10,16H2,1-2H3. The van der Waals surface area contributed by atoms with Crippen molar-refractivity contribution in [1.29, 1.82) is 0 Å². The molecule has 0 aliphatic heterocycles. The van der Waals surface area contributed by atoms with Crippen molar-refractivity contribution >= 4 is 11.4 Å². The van der Waals surface area contributed by atoms with E-state index < -0.39 is 0 Å². The fourth-order valence-electron chi connectivity index (χ4n) is 2.66. The molecule has 3 heteroatoms. The quantitative estimate of drug-likeness (QED) is 0.721. The topological polar surface area (TPSA) is 58.3 Å². The molecule has 2 rings (SSSR count). The highest BCUT2D eigenvalue weighted by Gasteiger charge is 2.33. The summed E-state index contributed by atoms with van der Waals surface area (Å²) in [5, 5.41) is 13.2. The molecule has 1 aliphatic rings. The highest BCUT2D eigenvalue weighted by molar-refractivity contribution is 5.59. The molecule has 0 bridgehead atoms. The number of aliphatic hydroxyl groups excluding tert-OH is 1. The highest BCUT2D eigenvalue weighted by Crippen LogP contribution is 2.34. The molecule has 0 amide bonds. The van der Waals surface area contributed by atoms with Gasteiger partial charge in [-0.3, -0.25) is 0 Å². The molecule has 0 aromatic heterocycles. The molecule has 3 nitrogen and oxygen atoms in total. The molecule has 18 heavy (non-hydrogen) atoms. The first-order valence-electron chi connectivity index (χ1n) is 6.80. The van der Waals surface area contributed by atoms with Gasteiger partial charge in [-0.2, -0.15) is 0 Å². The number of benzene rings is 1. The van der Waals surface area contributed by atoms with Gasteiger partial charge in [-0.1, -0.05) is 13.0 Å². The van der Waals surface area contributed by atoms with Gasteiger partial charge in [-0.25, -0.2) is 0 Å². The van der Waals surface area contributed by atoms with E-state index in [4.69, 9.17) is 5.73 Å². The molecule has 100 valence electrons. The van der Waals surface area contributed by atoms with Crippen LogP contribution in [-0.4, -0.2) is 17.3 Å². The molecule has 1 saturated carbocycles. The minimum Gasteiger partial charge on any atom is -0.398 e. The number of anilines is 2. The lowest BCUT2D eigenvalue weighted by Gasteiger charge is -2.39. The van der Waals surface area contributed by atoms with Crippen molar-refractivity contribution in [2.45, 2.75) is 45.1 Å². The van der Waals surface area contributed by atoms with E-state index in [1.807, 2.05) is 25.1 Å². The summed E-state index contributed by atoms with van der Waals surface area (Å²) < 4.78 is 0. The highest BCUT2D eigenvalue weighted by atomic mass is 16.3. The summed E-state index contributed by atoms with van der Waals surface area (Å²) in [6.07, 6.45) is 4.40. The smallest absolute Gasteiger partial charge is 0.0661 e. The van der Waals surface area contributed by atoms with Crippen molar-refractivity contribution in [3.63, 3.8) is 0 Å². The second kappa shape index (κ2) is 5.19. The van der Waals surface area contributed by atoms with Crippen molar-refractivity contribution in [3.05, 3.63) is 23.8 Å². The number of nitrogens with two attached hydrogens (primary N) is 1. The maximum Gasteiger partial charge on any atom is 0.0661 e. The Morgan fingerprint density at radius 2 is 2.06 bits per heavy atom. The molecule has 0 radical (unpaired) electrons. The van der Waals surface area contributed by atoms with Gasteiger partial charge in [0.1, 0.15) is 0 Å². The van der Waals surface area contributed by atoms with Gasteiger partial charge in [0.25, 0.3) is 0 Å². The lowest BCUT2D eigenvalue weighted by Crippen LogP contribution is -2.45. The van der Waals surface area contributed by atoms with Crippen molar-refractivity contribution in [1.82, 2.24) is 0 Å². The van der Waals surface area contributed by atoms with E-state index in [0.29, 0.717) is 0 Å². The Balaban J connectivity index is 2.12. The molecule has 1 aliphatic carbocycles. The number of rotatable bonds is 3. The second-order valence-corrected chi connectivity index (χ2v) is 5.82. The summed E-state index contributed by atoms with van der Waals surface area (Å²) >= 11 is 0. The van der Waals surface area contributed by atoms with Gasteiger partial charge in [0.15, 0.2) is 0 Å². The molecular weight excluding hydrogens is 224 g/mol. The van der Waals surface area contributed by atoms with Crippen LogP contribution in [0.2, 0.25) is 0 Å². The maximum atomic E-state index is 9.72. The van der Waals surface area contributed by atoms with Crippen LogP contribution in [0.5, 0.6) is 0 Å². The van der Waals surface area contributed by atoms with Crippen LogP contribution in [0, 0.1) is 12.8 Å². The Morgan fingerprint density at radius 1 is 1.39 bits per heavy atom. The number of hydrogen-bond acceptors (Lipinski definition) is 3. The van der Waals surface area contributed by atoms with E-state index in [2.05, 4.69) is 12.2 Å². The first-order chi connectivity index (χ1) is 8.54. The van der Waals surface area contributed by atoms with E-state index in [9.17, 15) is 5.11 Å². The van der Waals surface area contributed by atoms with E-state index >= 15 is 0 Å². The van der Waals surface area contributed by atoms with E-state index in [1.54, 1.807) is 0 Å². The molecule has 0 atom stereocenters. The van der Waals surface area contributed by atoms with Gasteiger partial charge in [0, 0.05) is 11.4 Å². The third-order valence-corrected chi connectivity index (χ3v) is 4.22. The third kappa shape index (κ3) is 2.78. The fourth-order valence-corrected chi connectivity index (χ4v) is 2.66. The number of aliphatic hydroxyl groups is 1. The molecule has 0 heterocycles. The molecule has 4 N–H and O–H groups in total. The Kier molecular flexibility index (Phi) is 3.81. The van der Waals surface area contributed by atoms with Gasteiger partial charge in [0.2, 0.25) is 0 Å². The second-order valence-electron chi connectivity index (χ2n) is 5.82. The van der Waals surface area contributed by atoms with Crippen molar-refractivity contribution in [2.24, 2.45) is 5.92 Å². The number of hydrogen-bond donors (Lipinski definition) is 3. The molecule has 1 fully saturated rings. The van der Waals surface area contributed by atoms with Crippen LogP contribution in [0.3, 0.4) is 0 Å². The maximum absolute atomic E-state index is 9.72. The molecule has 1 aromatic carbocycles. The first kappa shape index (κ1) is 13.2. The summed E-state index contributed by atoms with van der Waals surface area (Å²) in [7, 11) is 0. The average molecular weight is 248 g/mol. The van der Waals surface area contributed by atoms with Gasteiger partial charge in [-0.15, -0.1) is 0 Å². The Morgan fingerprint density at radius 3 is 2.61 bits per heavy atom. The lowest BCUT2D eigenvalue weighted by atomic mass is 9.77. The lowest BCUT2D eigenvalue weighted by molar-refractivity contribution is 0.155. The van der Waals surface area contributed by atoms with Crippen LogP contribution in [0.15, 0.2) is 18.2 Å². The normalized spacial score (nSPS) is 28.1. The van der Waals surface area contributed by atoms with Crippen LogP contribution >= 0.6 is 0 Å². The summed E-state index contributed by atoms with van der Waals surface area (Å²) in [4.78, 5) is 0. The molecule has 0 spiro atoms. The fraction of sp³-hybridized carbons (Fsp3) is 0.600. The summed E-state index contributed by atoms with van der Waals surface area (Å²) in [5.41, 5.74) is 8.68. The minimum atomic E-state index is -0.159. The number of aryl methyl sites for hydroxylation is 1. The van der Waals surface area contributed by atoms with E-state index in [1.165, 1.54) is 12.8 Å². The van der Waals surface area contributed by atoms with E-state index in [-0.39, 0.29) is 12.1 Å². The largest absolute Gasteiger partial charge is 0.398 e.